The van der Waals surface area contributed by atoms with Crippen LogP contribution in [0.4, 0.5) is 0 Å². The van der Waals surface area contributed by atoms with Gasteiger partial charge < -0.3 is 4.90 Å². The molecule has 0 heterocycles. The molecule has 3 heteroatoms. The normalized spacial score (nSPS) is 11.2. The maximum atomic E-state index is 3.42. The minimum Gasteiger partial charge on any atom is -0.383 e. The van der Waals surface area contributed by atoms with Gasteiger partial charge >= 0.3 is 0 Å². The van der Waals surface area contributed by atoms with Crippen molar-refractivity contribution < 1.29 is 4.58 Å². The zero-order valence-corrected chi connectivity index (χ0v) is 9.22. The molecule has 0 saturated carbocycles. The fourth-order valence-corrected chi connectivity index (χ4v) is 1.06. The van der Waals surface area contributed by atoms with E-state index in [0.29, 0.717) is 0 Å². The van der Waals surface area contributed by atoms with Gasteiger partial charge in [0.15, 0.2) is 6.21 Å². The highest BCUT2D eigenvalue weighted by Crippen LogP contribution is 1.96. The second-order valence-electron chi connectivity index (χ2n) is 2.89. The first-order chi connectivity index (χ1) is 5.06. The molecule has 0 aromatic heterocycles. The van der Waals surface area contributed by atoms with E-state index >= 15 is 0 Å². The molecule has 64 valence electrons. The van der Waals surface area contributed by atoms with Crippen LogP contribution in [0.15, 0.2) is 11.8 Å². The van der Waals surface area contributed by atoms with Crippen LogP contribution in [0.2, 0.25) is 0 Å². The largest absolute Gasteiger partial charge is 0.383 e. The lowest BCUT2D eigenvalue weighted by atomic mass is 10.3. The van der Waals surface area contributed by atoms with Gasteiger partial charge in [0.1, 0.15) is 14.1 Å². The molecule has 0 amide bonds. The van der Waals surface area contributed by atoms with E-state index < -0.39 is 0 Å². The molecule has 0 saturated heterocycles. The van der Waals surface area contributed by atoms with E-state index in [1.807, 2.05) is 37.7 Å². The minimum atomic E-state index is 0.892. The average molecular weight is 220 g/mol. The van der Waals surface area contributed by atoms with E-state index in [4.69, 9.17) is 0 Å². The van der Waals surface area contributed by atoms with E-state index in [1.165, 1.54) is 5.57 Å². The lowest BCUT2D eigenvalue weighted by Crippen LogP contribution is -2.08. The summed E-state index contributed by atoms with van der Waals surface area (Å²) in [6.45, 7) is 0. The molecule has 0 atom stereocenters. The molecule has 0 aromatic rings. The maximum Gasteiger partial charge on any atom is 0.168 e. The van der Waals surface area contributed by atoms with E-state index in [9.17, 15) is 0 Å². The van der Waals surface area contributed by atoms with Crippen molar-refractivity contribution in [3.05, 3.63) is 11.8 Å². The molecule has 0 aliphatic heterocycles. The van der Waals surface area contributed by atoms with Crippen LogP contribution in [0, 0.1) is 0 Å². The van der Waals surface area contributed by atoms with Crippen molar-refractivity contribution in [2.75, 3.05) is 33.5 Å². The van der Waals surface area contributed by atoms with Gasteiger partial charge in [-0.15, -0.1) is 0 Å². The Bertz CT molecular complexity index is 167. The van der Waals surface area contributed by atoms with Crippen molar-refractivity contribution in [2.45, 2.75) is 0 Å². The van der Waals surface area contributed by atoms with Crippen LogP contribution < -0.4 is 0 Å². The molecule has 0 aliphatic carbocycles. The zero-order chi connectivity index (χ0) is 8.85. The highest BCUT2D eigenvalue weighted by Gasteiger charge is 1.95. The lowest BCUT2D eigenvalue weighted by Gasteiger charge is -2.04. The molecule has 11 heavy (non-hydrogen) atoms. The molecule has 0 aliphatic rings. The third kappa shape index (κ3) is 6.10. The first kappa shape index (κ1) is 10.7. The molecule has 2 nitrogen and oxygen atoms in total. The molecule has 0 N–H and O–H groups in total. The molecule has 0 aromatic carbocycles. The number of nitrogens with zero attached hydrogens (tertiary/aromatic N) is 2. The van der Waals surface area contributed by atoms with Crippen LogP contribution in [0.1, 0.15) is 0 Å². The molecular formula is C8H16BrN2+. The number of rotatable bonds is 3. The predicted molar refractivity (Wildman–Crippen MR) is 53.7 cm³/mol. The first-order valence-corrected chi connectivity index (χ1v) is 4.62. The Kier molecular flexibility index (Phi) is 5.20. The predicted octanol–water partition coefficient (Wildman–Crippen LogP) is 1.17. The standard InChI is InChI=1S/C8H16BrN2/c1-10(2)6-8(5-9)7-11(3)4/h6-7H,5H2,1-4H3/q+1. The van der Waals surface area contributed by atoms with Crippen LogP contribution in [0.25, 0.3) is 0 Å². The Morgan fingerprint density at radius 3 is 2.27 bits per heavy atom. The van der Waals surface area contributed by atoms with Gasteiger partial charge in [0.25, 0.3) is 0 Å². The van der Waals surface area contributed by atoms with Crippen molar-refractivity contribution >= 4 is 22.1 Å². The lowest BCUT2D eigenvalue weighted by molar-refractivity contribution is -0.459. The van der Waals surface area contributed by atoms with Gasteiger partial charge in [-0.2, -0.15) is 0 Å². The maximum absolute atomic E-state index is 3.42. The Morgan fingerprint density at radius 2 is 2.00 bits per heavy atom. The van der Waals surface area contributed by atoms with Crippen LogP contribution in [0.5, 0.6) is 0 Å². The number of hydrogen-bond acceptors (Lipinski definition) is 1. The van der Waals surface area contributed by atoms with Gasteiger partial charge in [-0.3, -0.25) is 0 Å². The van der Waals surface area contributed by atoms with Gasteiger partial charge in [-0.05, 0) is 0 Å². The highest BCUT2D eigenvalue weighted by molar-refractivity contribution is 9.09. The SMILES string of the molecule is CN(C)C=C(C=[N+](C)C)CBr. The fourth-order valence-electron chi connectivity index (χ4n) is 0.766. The zero-order valence-electron chi connectivity index (χ0n) is 7.63. The van der Waals surface area contributed by atoms with Gasteiger partial charge in [0, 0.05) is 31.2 Å². The van der Waals surface area contributed by atoms with E-state index in [0.717, 1.165) is 5.33 Å². The average Bonchev–Trinajstić information content (AvgIpc) is 1.84. The molecule has 0 bridgehead atoms. The number of allylic oxidation sites excluding steroid dienone is 1. The van der Waals surface area contributed by atoms with E-state index in [-0.39, 0.29) is 0 Å². The van der Waals surface area contributed by atoms with Crippen molar-refractivity contribution in [1.82, 2.24) is 4.90 Å². The highest BCUT2D eigenvalue weighted by atomic mass is 79.9. The fraction of sp³-hybridized carbons (Fsp3) is 0.625. The third-order valence-corrected chi connectivity index (χ3v) is 1.65. The Hall–Kier alpha value is -0.310. The second kappa shape index (κ2) is 5.35. The summed E-state index contributed by atoms with van der Waals surface area (Å²) in [6, 6.07) is 0. The van der Waals surface area contributed by atoms with Crippen LogP contribution in [-0.4, -0.2) is 49.2 Å². The second-order valence-corrected chi connectivity index (χ2v) is 3.45. The summed E-state index contributed by atoms with van der Waals surface area (Å²) in [6.07, 6.45) is 4.18. The van der Waals surface area contributed by atoms with Gasteiger partial charge in [0.2, 0.25) is 0 Å². The quantitative estimate of drug-likeness (QED) is 0.393. The van der Waals surface area contributed by atoms with Crippen molar-refractivity contribution in [3.63, 3.8) is 0 Å². The van der Waals surface area contributed by atoms with Gasteiger partial charge in [-0.25, -0.2) is 4.58 Å². The summed E-state index contributed by atoms with van der Waals surface area (Å²) < 4.78 is 2.04. The molecule has 0 spiro atoms. The van der Waals surface area contributed by atoms with Gasteiger partial charge in [0.05, 0.1) is 0 Å². The smallest absolute Gasteiger partial charge is 0.168 e. The Labute approximate surface area is 77.3 Å². The third-order valence-electron chi connectivity index (χ3n) is 1.00. The number of hydrogen-bond donors (Lipinski definition) is 0. The molecular weight excluding hydrogens is 204 g/mol. The summed E-state index contributed by atoms with van der Waals surface area (Å²) in [5.41, 5.74) is 1.26. The number of halogens is 1. The van der Waals surface area contributed by atoms with Crippen LogP contribution in [-0.2, 0) is 0 Å². The molecule has 0 unspecified atom stereocenters. The molecule has 0 rings (SSSR count). The van der Waals surface area contributed by atoms with Crippen LogP contribution in [0.3, 0.4) is 0 Å². The molecule has 0 fully saturated rings. The Morgan fingerprint density at radius 1 is 1.45 bits per heavy atom. The summed E-state index contributed by atoms with van der Waals surface area (Å²) in [4.78, 5) is 2.04. The van der Waals surface area contributed by atoms with Crippen LogP contribution >= 0.6 is 15.9 Å². The number of alkyl halides is 1. The summed E-state index contributed by atoms with van der Waals surface area (Å²) in [7, 11) is 8.08. The summed E-state index contributed by atoms with van der Waals surface area (Å²) in [5.74, 6) is 0. The van der Waals surface area contributed by atoms with E-state index in [2.05, 4.69) is 28.3 Å². The van der Waals surface area contributed by atoms with Gasteiger partial charge in [-0.1, -0.05) is 15.9 Å². The van der Waals surface area contributed by atoms with Crippen molar-refractivity contribution in [2.24, 2.45) is 0 Å². The van der Waals surface area contributed by atoms with Crippen molar-refractivity contribution in [1.29, 1.82) is 0 Å². The van der Waals surface area contributed by atoms with E-state index in [1.54, 1.807) is 0 Å². The van der Waals surface area contributed by atoms with Crippen molar-refractivity contribution in [3.8, 4) is 0 Å². The first-order valence-electron chi connectivity index (χ1n) is 3.50. The summed E-state index contributed by atoms with van der Waals surface area (Å²) >= 11 is 3.42. The Balaban J connectivity index is 4.29. The summed E-state index contributed by atoms with van der Waals surface area (Å²) in [5, 5.41) is 0.892. The topological polar surface area (TPSA) is 6.25 Å². The molecule has 0 radical (unpaired) electrons. The minimum absolute atomic E-state index is 0.892. The monoisotopic (exact) mass is 219 g/mol.